The van der Waals surface area contributed by atoms with Gasteiger partial charge >= 0.3 is 0 Å². The zero-order valence-corrected chi connectivity index (χ0v) is 39.4. The summed E-state index contributed by atoms with van der Waals surface area (Å²) < 4.78 is 6.74. The lowest BCUT2D eigenvalue weighted by molar-refractivity contribution is 0.436. The highest BCUT2D eigenvalue weighted by atomic mass is 32.2. The van der Waals surface area contributed by atoms with E-state index in [1.54, 1.807) is 0 Å². The summed E-state index contributed by atoms with van der Waals surface area (Å²) in [6.07, 6.45) is 0. The number of hydrogen-bond donors (Lipinski definition) is 0. The Hall–Kier alpha value is -8.63. The lowest BCUT2D eigenvalue weighted by Gasteiger charge is -2.40. The molecule has 2 heterocycles. The lowest BCUT2D eigenvalue weighted by Crippen LogP contribution is -2.32. The summed E-state index contributed by atoms with van der Waals surface area (Å²) in [5.74, 6) is 1.78. The Morgan fingerprint density at radius 1 is 0.296 bits per heavy atom. The molecule has 0 fully saturated rings. The van der Waals surface area contributed by atoms with Crippen LogP contribution in [0.1, 0.15) is 44.5 Å². The topological polar surface area (TPSA) is 12.5 Å². The molecule has 0 N–H and O–H groups in total. The molecule has 0 amide bonds. The number of nitrogens with zero attached hydrogens (tertiary/aromatic N) is 1. The molecule has 2 nitrogen and oxygen atoms in total. The fraction of sp³-hybridized carbons (Fsp3) is 0.0294. The second-order valence-corrected chi connectivity index (χ2v) is 20.1. The molecule has 0 radical (unpaired) electrons. The van der Waals surface area contributed by atoms with Crippen LogP contribution in [0.5, 0.6) is 11.5 Å². The Labute approximate surface area is 418 Å². The minimum Gasteiger partial charge on any atom is -0.457 e. The molecule has 0 atom stereocenters. The quantitative estimate of drug-likeness (QED) is 0.171. The van der Waals surface area contributed by atoms with Gasteiger partial charge in [0.15, 0.2) is 0 Å². The maximum absolute atomic E-state index is 6.74. The summed E-state index contributed by atoms with van der Waals surface area (Å²) >= 11 is 1.88. The standard InChI is InChI=1S/C68H43NOS/c1-2-18-44(19-3-1)46-20-16-21-47(42-46)45-36-38-48(39-37-45)69(49-40-41-55-52(43-49)50-22-4-6-24-53(50)67(55)58-28-10-14-34-64(58)71-65-35-15-11-29-59(65)67)61-31-17-30-60-66(61)51-23-5-7-25-54(51)68(60)56-26-8-12-32-62(56)70-63-33-13-9-27-57(63)68/h1-43H. The van der Waals surface area contributed by atoms with Crippen molar-refractivity contribution in [2.45, 2.75) is 20.6 Å². The van der Waals surface area contributed by atoms with Crippen molar-refractivity contribution < 1.29 is 4.74 Å². The van der Waals surface area contributed by atoms with E-state index in [1.165, 1.54) is 87.7 Å². The third-order valence-corrected chi connectivity index (χ3v) is 16.8. The van der Waals surface area contributed by atoms with Gasteiger partial charge in [-0.1, -0.05) is 212 Å². The van der Waals surface area contributed by atoms with Crippen LogP contribution in [0.25, 0.3) is 44.5 Å². The molecule has 0 saturated heterocycles. The highest BCUT2D eigenvalue weighted by molar-refractivity contribution is 7.99. The summed E-state index contributed by atoms with van der Waals surface area (Å²) in [4.78, 5) is 5.12. The van der Waals surface area contributed by atoms with Crippen molar-refractivity contribution in [2.24, 2.45) is 0 Å². The Bertz CT molecular complexity index is 3870. The number of benzene rings is 11. The van der Waals surface area contributed by atoms with Gasteiger partial charge in [0.05, 0.1) is 16.5 Å². The molecule has 2 aliphatic carbocycles. The predicted molar refractivity (Wildman–Crippen MR) is 291 cm³/mol. The van der Waals surface area contributed by atoms with E-state index in [2.05, 4.69) is 266 Å². The molecule has 71 heavy (non-hydrogen) atoms. The molecule has 15 rings (SSSR count). The van der Waals surface area contributed by atoms with Gasteiger partial charge in [-0.3, -0.25) is 0 Å². The van der Waals surface area contributed by atoms with Crippen LogP contribution in [-0.4, -0.2) is 0 Å². The van der Waals surface area contributed by atoms with Crippen LogP contribution in [0.4, 0.5) is 17.1 Å². The fourth-order valence-corrected chi connectivity index (χ4v) is 14.0. The van der Waals surface area contributed by atoms with E-state index < -0.39 is 10.8 Å². The van der Waals surface area contributed by atoms with Gasteiger partial charge in [-0.15, -0.1) is 0 Å². The van der Waals surface area contributed by atoms with E-state index in [0.717, 1.165) is 39.7 Å². The first-order valence-corrected chi connectivity index (χ1v) is 25.3. The monoisotopic (exact) mass is 921 g/mol. The molecule has 3 heteroatoms. The Kier molecular flexibility index (Phi) is 8.76. The third-order valence-electron chi connectivity index (χ3n) is 15.6. The normalized spacial score (nSPS) is 14.2. The van der Waals surface area contributed by atoms with Gasteiger partial charge in [0.1, 0.15) is 11.5 Å². The van der Waals surface area contributed by atoms with Gasteiger partial charge in [0.25, 0.3) is 0 Å². The zero-order chi connectivity index (χ0) is 46.7. The summed E-state index contributed by atoms with van der Waals surface area (Å²) in [5.41, 5.74) is 22.1. The number of rotatable bonds is 5. The first-order chi connectivity index (χ1) is 35.2. The third kappa shape index (κ3) is 5.61. The molecule has 2 spiro atoms. The van der Waals surface area contributed by atoms with Crippen molar-refractivity contribution >= 4 is 28.8 Å². The molecule has 332 valence electrons. The van der Waals surface area contributed by atoms with Crippen LogP contribution in [0, 0.1) is 0 Å². The zero-order valence-electron chi connectivity index (χ0n) is 38.6. The van der Waals surface area contributed by atoms with Crippen LogP contribution < -0.4 is 9.64 Å². The Morgan fingerprint density at radius 2 is 0.761 bits per heavy atom. The van der Waals surface area contributed by atoms with E-state index in [9.17, 15) is 0 Å². The minimum atomic E-state index is -0.601. The van der Waals surface area contributed by atoms with E-state index >= 15 is 0 Å². The number of hydrogen-bond acceptors (Lipinski definition) is 3. The largest absolute Gasteiger partial charge is 0.457 e. The van der Waals surface area contributed by atoms with Crippen molar-refractivity contribution in [3.63, 3.8) is 0 Å². The molecule has 0 aromatic heterocycles. The Morgan fingerprint density at radius 3 is 1.44 bits per heavy atom. The molecule has 0 bridgehead atoms. The molecule has 4 aliphatic rings. The Balaban J connectivity index is 0.980. The van der Waals surface area contributed by atoms with Crippen LogP contribution in [0.15, 0.2) is 271 Å². The molecular formula is C68H43NOS. The summed E-state index contributed by atoms with van der Waals surface area (Å²) in [6.45, 7) is 0. The van der Waals surface area contributed by atoms with Crippen molar-refractivity contribution in [2.75, 3.05) is 4.90 Å². The molecular weight excluding hydrogens is 879 g/mol. The molecule has 0 unspecified atom stereocenters. The number of fused-ring (bicyclic) bond motifs is 18. The van der Waals surface area contributed by atoms with Gasteiger partial charge < -0.3 is 9.64 Å². The van der Waals surface area contributed by atoms with Gasteiger partial charge in [-0.05, 0) is 133 Å². The van der Waals surface area contributed by atoms with Gasteiger partial charge in [-0.2, -0.15) is 0 Å². The van der Waals surface area contributed by atoms with E-state index in [1.807, 2.05) is 11.8 Å². The van der Waals surface area contributed by atoms with Crippen LogP contribution in [0.2, 0.25) is 0 Å². The van der Waals surface area contributed by atoms with Crippen molar-refractivity contribution in [1.29, 1.82) is 0 Å². The van der Waals surface area contributed by atoms with Gasteiger partial charge in [0.2, 0.25) is 0 Å². The highest BCUT2D eigenvalue weighted by Gasteiger charge is 2.53. The highest BCUT2D eigenvalue weighted by Crippen LogP contribution is 2.66. The number of anilines is 3. The first-order valence-electron chi connectivity index (χ1n) is 24.5. The summed E-state index contributed by atoms with van der Waals surface area (Å²) in [7, 11) is 0. The molecule has 0 saturated carbocycles. The molecule has 11 aromatic carbocycles. The molecule has 2 aliphatic heterocycles. The van der Waals surface area contributed by atoms with Crippen LogP contribution >= 0.6 is 11.8 Å². The van der Waals surface area contributed by atoms with E-state index in [-0.39, 0.29) is 0 Å². The first kappa shape index (κ1) is 40.3. The fourth-order valence-electron chi connectivity index (χ4n) is 12.8. The average Bonchev–Trinajstić information content (AvgIpc) is 3.90. The minimum absolute atomic E-state index is 0.465. The smallest absolute Gasteiger partial charge is 0.132 e. The number of ether oxygens (including phenoxy) is 1. The van der Waals surface area contributed by atoms with E-state index in [0.29, 0.717) is 0 Å². The predicted octanol–water partition coefficient (Wildman–Crippen LogP) is 17.8. The molecule has 11 aromatic rings. The maximum atomic E-state index is 6.74. The summed E-state index contributed by atoms with van der Waals surface area (Å²) in [5, 5.41) is 0. The number of para-hydroxylation sites is 2. The second-order valence-electron chi connectivity index (χ2n) is 19.0. The van der Waals surface area contributed by atoms with Crippen molar-refractivity contribution in [1.82, 2.24) is 0 Å². The van der Waals surface area contributed by atoms with Crippen LogP contribution in [0.3, 0.4) is 0 Å². The summed E-state index contributed by atoms with van der Waals surface area (Å²) in [6, 6.07) is 96.5. The van der Waals surface area contributed by atoms with Crippen molar-refractivity contribution in [3.05, 3.63) is 305 Å². The van der Waals surface area contributed by atoms with E-state index in [4.69, 9.17) is 4.74 Å². The van der Waals surface area contributed by atoms with Gasteiger partial charge in [0, 0.05) is 37.9 Å². The average molecular weight is 922 g/mol. The lowest BCUT2D eigenvalue weighted by atomic mass is 9.66. The SMILES string of the molecule is c1ccc(-c2cccc(-c3ccc(N(c4ccc5c(c4)-c4ccccc4C54c5ccccc5Sc5ccccc54)c4cccc5c4-c4ccccc4C54c5ccccc5Oc5ccccc54)cc3)c2)cc1. The second kappa shape index (κ2) is 15.4. The van der Waals surface area contributed by atoms with Gasteiger partial charge in [-0.25, -0.2) is 0 Å². The van der Waals surface area contributed by atoms with Crippen LogP contribution in [-0.2, 0) is 10.8 Å². The maximum Gasteiger partial charge on any atom is 0.132 e. The van der Waals surface area contributed by atoms with Crippen molar-refractivity contribution in [3.8, 4) is 56.0 Å².